The predicted octanol–water partition coefficient (Wildman–Crippen LogP) is 3.07. The van der Waals surface area contributed by atoms with E-state index in [1.807, 2.05) is 0 Å². The molecule has 20 heavy (non-hydrogen) atoms. The normalized spacial score (nSPS) is 23.1. The largest absolute Gasteiger partial charge is 0.423 e. The minimum atomic E-state index is -1.81. The van der Waals surface area contributed by atoms with Crippen molar-refractivity contribution >= 4 is 5.97 Å². The van der Waals surface area contributed by atoms with Crippen LogP contribution < -0.4 is 0 Å². The van der Waals surface area contributed by atoms with Gasteiger partial charge in [0.05, 0.1) is 0 Å². The number of aliphatic hydroxyl groups excluding tert-OH is 1. The van der Waals surface area contributed by atoms with Crippen molar-refractivity contribution in [2.75, 3.05) is 0 Å². The molecule has 0 bridgehead atoms. The third kappa shape index (κ3) is 6.06. The van der Waals surface area contributed by atoms with Gasteiger partial charge >= 0.3 is 5.97 Å². The Balaban J connectivity index is 1.99. The van der Waals surface area contributed by atoms with Gasteiger partial charge in [-0.25, -0.2) is 4.79 Å². The van der Waals surface area contributed by atoms with Crippen LogP contribution in [-0.2, 0) is 9.53 Å². The minimum absolute atomic E-state index is 0.448. The number of hydrogen-bond acceptors (Lipinski definition) is 4. The summed E-state index contributed by atoms with van der Waals surface area (Å²) in [6, 6.07) is 0. The molecule has 1 heterocycles. The first-order chi connectivity index (χ1) is 9.58. The zero-order valence-electron chi connectivity index (χ0n) is 12.5. The highest BCUT2D eigenvalue weighted by atomic mass is 16.7. The van der Waals surface area contributed by atoms with Crippen molar-refractivity contribution in [1.82, 2.24) is 0 Å². The van der Waals surface area contributed by atoms with Crippen molar-refractivity contribution in [1.29, 1.82) is 0 Å². The van der Waals surface area contributed by atoms with E-state index in [2.05, 4.69) is 6.92 Å². The van der Waals surface area contributed by atoms with Crippen LogP contribution in [0.25, 0.3) is 0 Å². The number of hydrogen-bond donors (Lipinski definition) is 2. The highest BCUT2D eigenvalue weighted by Gasteiger charge is 2.40. The van der Waals surface area contributed by atoms with Crippen molar-refractivity contribution in [2.24, 2.45) is 0 Å². The maximum absolute atomic E-state index is 10.9. The second-order valence-corrected chi connectivity index (χ2v) is 5.64. The lowest BCUT2D eigenvalue weighted by Crippen LogP contribution is -2.41. The summed E-state index contributed by atoms with van der Waals surface area (Å²) >= 11 is 0. The molecule has 0 amide bonds. The summed E-state index contributed by atoms with van der Waals surface area (Å²) in [4.78, 5) is 10.9. The van der Waals surface area contributed by atoms with Crippen molar-refractivity contribution < 1.29 is 19.7 Å². The number of esters is 1. The lowest BCUT2D eigenvalue weighted by atomic mass is 10.0. The zero-order valence-corrected chi connectivity index (χ0v) is 12.5. The fraction of sp³-hybridized carbons (Fsp3) is 0.812. The van der Waals surface area contributed by atoms with Gasteiger partial charge < -0.3 is 14.9 Å². The monoisotopic (exact) mass is 284 g/mol. The van der Waals surface area contributed by atoms with E-state index in [9.17, 15) is 15.0 Å². The van der Waals surface area contributed by atoms with Crippen LogP contribution in [0.2, 0.25) is 0 Å². The van der Waals surface area contributed by atoms with Gasteiger partial charge in [0.2, 0.25) is 0 Å². The molecule has 2 atom stereocenters. The van der Waals surface area contributed by atoms with Crippen molar-refractivity contribution in [2.45, 2.75) is 83.0 Å². The molecule has 116 valence electrons. The molecule has 0 fully saturated rings. The third-order valence-electron chi connectivity index (χ3n) is 3.78. The van der Waals surface area contributed by atoms with E-state index in [0.717, 1.165) is 25.3 Å². The highest BCUT2D eigenvalue weighted by molar-refractivity contribution is 5.84. The Hall–Kier alpha value is -0.870. The van der Waals surface area contributed by atoms with Crippen LogP contribution in [0.5, 0.6) is 0 Å². The van der Waals surface area contributed by atoms with Gasteiger partial charge in [0.1, 0.15) is 6.10 Å². The van der Waals surface area contributed by atoms with Gasteiger partial charge in [-0.15, -0.1) is 0 Å². The number of aliphatic hydroxyl groups is 2. The molecule has 1 aliphatic rings. The van der Waals surface area contributed by atoms with Crippen LogP contribution in [-0.4, -0.2) is 28.1 Å². The Morgan fingerprint density at radius 3 is 2.15 bits per heavy atom. The van der Waals surface area contributed by atoms with E-state index in [-0.39, 0.29) is 0 Å². The average Bonchev–Trinajstić information content (AvgIpc) is 2.78. The first kappa shape index (κ1) is 17.2. The van der Waals surface area contributed by atoms with Gasteiger partial charge in [-0.05, 0) is 12.5 Å². The Kier molecular flexibility index (Phi) is 7.85. The molecule has 0 radical (unpaired) electrons. The maximum atomic E-state index is 10.9. The molecule has 0 aromatic carbocycles. The van der Waals surface area contributed by atoms with E-state index in [0.29, 0.717) is 6.42 Å². The third-order valence-corrected chi connectivity index (χ3v) is 3.78. The molecule has 0 saturated heterocycles. The van der Waals surface area contributed by atoms with Crippen molar-refractivity contribution in [3.05, 3.63) is 12.2 Å². The van der Waals surface area contributed by atoms with Gasteiger partial charge in [0.15, 0.2) is 0 Å². The summed E-state index contributed by atoms with van der Waals surface area (Å²) < 4.78 is 4.70. The Morgan fingerprint density at radius 2 is 1.65 bits per heavy atom. The molecular formula is C16H28O4. The SMILES string of the molecule is CCCCCCCCCCCC(O)C1(O)C=CC(=O)O1. The number of ether oxygens (including phenoxy) is 1. The minimum Gasteiger partial charge on any atom is -0.423 e. The van der Waals surface area contributed by atoms with Crippen LogP contribution in [0.15, 0.2) is 12.2 Å². The molecule has 0 saturated carbocycles. The summed E-state index contributed by atoms with van der Waals surface area (Å²) in [5, 5.41) is 19.7. The molecule has 0 aromatic heterocycles. The van der Waals surface area contributed by atoms with Gasteiger partial charge in [-0.1, -0.05) is 64.7 Å². The smallest absolute Gasteiger partial charge is 0.333 e. The lowest BCUT2D eigenvalue weighted by molar-refractivity contribution is -0.212. The number of cyclic esters (lactones) is 1. The fourth-order valence-electron chi connectivity index (χ4n) is 2.45. The number of rotatable bonds is 11. The van der Waals surface area contributed by atoms with Crippen LogP contribution in [0.4, 0.5) is 0 Å². The maximum Gasteiger partial charge on any atom is 0.333 e. The first-order valence-electron chi connectivity index (χ1n) is 7.91. The van der Waals surface area contributed by atoms with Gasteiger partial charge in [0.25, 0.3) is 5.79 Å². The summed E-state index contributed by atoms with van der Waals surface area (Å²) in [6.07, 6.45) is 12.6. The summed E-state index contributed by atoms with van der Waals surface area (Å²) in [5.41, 5.74) is 0. The van der Waals surface area contributed by atoms with Gasteiger partial charge in [-0.2, -0.15) is 0 Å². The van der Waals surface area contributed by atoms with Crippen LogP contribution in [0, 0.1) is 0 Å². The van der Waals surface area contributed by atoms with E-state index in [1.54, 1.807) is 0 Å². The van der Waals surface area contributed by atoms with Gasteiger partial charge in [0, 0.05) is 6.08 Å². The van der Waals surface area contributed by atoms with Crippen LogP contribution in [0.3, 0.4) is 0 Å². The van der Waals surface area contributed by atoms with E-state index in [4.69, 9.17) is 4.74 Å². The molecule has 0 aromatic rings. The summed E-state index contributed by atoms with van der Waals surface area (Å²) in [5.74, 6) is -2.41. The molecular weight excluding hydrogens is 256 g/mol. The number of carbonyl (C=O) groups excluding carboxylic acids is 1. The van der Waals surface area contributed by atoms with E-state index >= 15 is 0 Å². The second-order valence-electron chi connectivity index (χ2n) is 5.64. The average molecular weight is 284 g/mol. The number of unbranched alkanes of at least 4 members (excludes halogenated alkanes) is 8. The lowest BCUT2D eigenvalue weighted by Gasteiger charge is -2.25. The highest BCUT2D eigenvalue weighted by Crippen LogP contribution is 2.24. The van der Waals surface area contributed by atoms with E-state index < -0.39 is 17.9 Å². The van der Waals surface area contributed by atoms with Gasteiger partial charge in [-0.3, -0.25) is 0 Å². The molecule has 1 aliphatic heterocycles. The first-order valence-corrected chi connectivity index (χ1v) is 7.91. The van der Waals surface area contributed by atoms with Crippen LogP contribution >= 0.6 is 0 Å². The quantitative estimate of drug-likeness (QED) is 0.452. The Bertz CT molecular complexity index is 314. The molecule has 4 nitrogen and oxygen atoms in total. The molecule has 1 rings (SSSR count). The van der Waals surface area contributed by atoms with E-state index in [1.165, 1.54) is 44.6 Å². The molecule has 4 heteroatoms. The molecule has 2 unspecified atom stereocenters. The second kappa shape index (κ2) is 9.14. The van der Waals surface area contributed by atoms with Crippen molar-refractivity contribution in [3.63, 3.8) is 0 Å². The molecule has 0 spiro atoms. The Morgan fingerprint density at radius 1 is 1.10 bits per heavy atom. The standard InChI is InChI=1S/C16H28O4/c1-2-3-4-5-6-7-8-9-10-11-14(17)16(19)13-12-15(18)20-16/h12-14,17,19H,2-11H2,1H3. The Labute approximate surface area is 121 Å². The molecule has 0 aliphatic carbocycles. The summed E-state index contributed by atoms with van der Waals surface area (Å²) in [7, 11) is 0. The molecule has 2 N–H and O–H groups in total. The number of carbonyl (C=O) groups is 1. The topological polar surface area (TPSA) is 66.8 Å². The summed E-state index contributed by atoms with van der Waals surface area (Å²) in [6.45, 7) is 2.22. The zero-order chi connectivity index (χ0) is 14.8. The fourth-order valence-corrected chi connectivity index (χ4v) is 2.45. The predicted molar refractivity (Wildman–Crippen MR) is 78.0 cm³/mol. The van der Waals surface area contributed by atoms with Crippen molar-refractivity contribution in [3.8, 4) is 0 Å². The van der Waals surface area contributed by atoms with Crippen LogP contribution in [0.1, 0.15) is 71.1 Å².